The molecule has 1 unspecified atom stereocenters. The average Bonchev–Trinajstić information content (AvgIpc) is 2.86. The lowest BCUT2D eigenvalue weighted by Crippen LogP contribution is -2.24. The minimum Gasteiger partial charge on any atom is -0.467 e. The molecule has 18 heavy (non-hydrogen) atoms. The van der Waals surface area contributed by atoms with Crippen molar-refractivity contribution in [2.75, 3.05) is 7.11 Å². The van der Waals surface area contributed by atoms with E-state index < -0.39 is 12.1 Å². The van der Waals surface area contributed by atoms with Crippen LogP contribution in [0.4, 0.5) is 0 Å². The zero-order valence-corrected chi connectivity index (χ0v) is 9.74. The molecule has 0 bridgehead atoms. The zero-order chi connectivity index (χ0) is 13.0. The third kappa shape index (κ3) is 2.54. The molecule has 1 heterocycles. The molecule has 0 saturated carbocycles. The molecule has 0 aliphatic carbocycles. The first-order valence-electron chi connectivity index (χ1n) is 5.35. The second-order valence-corrected chi connectivity index (χ2v) is 3.67. The lowest BCUT2D eigenvalue weighted by molar-refractivity contribution is -0.150. The molecule has 0 amide bonds. The minimum absolute atomic E-state index is 0.000398. The molecule has 1 aromatic carbocycles. The Hall–Kier alpha value is -2.21. The summed E-state index contributed by atoms with van der Waals surface area (Å²) in [5.41, 5.74) is 1.74. The average molecular weight is 248 g/mol. The standard InChI is InChI=1S/C12H12N2O4/c1-17-12(16)10(15)7-9-11(14-18-13-9)8-5-3-2-4-6-8/h2-6,10,15H,7H2,1H3. The van der Waals surface area contributed by atoms with Crippen molar-refractivity contribution < 1.29 is 19.3 Å². The van der Waals surface area contributed by atoms with Gasteiger partial charge in [0.1, 0.15) is 11.4 Å². The Kier molecular flexibility index (Phi) is 3.69. The van der Waals surface area contributed by atoms with Gasteiger partial charge in [-0.3, -0.25) is 0 Å². The second kappa shape index (κ2) is 5.42. The van der Waals surface area contributed by atoms with E-state index in [-0.39, 0.29) is 6.42 Å². The van der Waals surface area contributed by atoms with E-state index in [1.54, 1.807) is 0 Å². The fourth-order valence-corrected chi connectivity index (χ4v) is 1.56. The quantitative estimate of drug-likeness (QED) is 0.806. The summed E-state index contributed by atoms with van der Waals surface area (Å²) in [5.74, 6) is -0.711. The van der Waals surface area contributed by atoms with E-state index in [2.05, 4.69) is 19.7 Å². The predicted molar refractivity (Wildman–Crippen MR) is 61.5 cm³/mol. The Morgan fingerprint density at radius 1 is 1.39 bits per heavy atom. The topological polar surface area (TPSA) is 85.5 Å². The van der Waals surface area contributed by atoms with Gasteiger partial charge in [-0.05, 0) is 5.16 Å². The van der Waals surface area contributed by atoms with Crippen LogP contribution in [0.1, 0.15) is 5.69 Å². The van der Waals surface area contributed by atoms with Crippen LogP contribution in [0.2, 0.25) is 0 Å². The third-order valence-electron chi connectivity index (χ3n) is 2.46. The highest BCUT2D eigenvalue weighted by molar-refractivity contribution is 5.75. The van der Waals surface area contributed by atoms with Crippen LogP contribution in [-0.4, -0.2) is 34.6 Å². The van der Waals surface area contributed by atoms with E-state index in [1.165, 1.54) is 7.11 Å². The van der Waals surface area contributed by atoms with Gasteiger partial charge in [-0.1, -0.05) is 35.5 Å². The predicted octanol–water partition coefficient (Wildman–Crippen LogP) is 0.813. The molecule has 6 nitrogen and oxygen atoms in total. The molecule has 0 radical (unpaired) electrons. The molecule has 1 aromatic heterocycles. The lowest BCUT2D eigenvalue weighted by Gasteiger charge is -2.06. The molecular weight excluding hydrogens is 236 g/mol. The highest BCUT2D eigenvalue weighted by Crippen LogP contribution is 2.20. The maximum absolute atomic E-state index is 11.1. The van der Waals surface area contributed by atoms with Crippen molar-refractivity contribution in [2.24, 2.45) is 0 Å². The van der Waals surface area contributed by atoms with Gasteiger partial charge in [0.05, 0.1) is 7.11 Å². The second-order valence-electron chi connectivity index (χ2n) is 3.67. The Morgan fingerprint density at radius 2 is 2.11 bits per heavy atom. The molecule has 1 N–H and O–H groups in total. The summed E-state index contributed by atoms with van der Waals surface area (Å²) in [6.07, 6.45) is -1.27. The summed E-state index contributed by atoms with van der Waals surface area (Å²) in [4.78, 5) is 11.1. The van der Waals surface area contributed by atoms with Gasteiger partial charge in [-0.15, -0.1) is 0 Å². The van der Waals surface area contributed by atoms with Crippen LogP contribution in [0.25, 0.3) is 11.3 Å². The molecule has 0 fully saturated rings. The van der Waals surface area contributed by atoms with Gasteiger partial charge in [-0.2, -0.15) is 0 Å². The number of benzene rings is 1. The van der Waals surface area contributed by atoms with Crippen molar-refractivity contribution in [1.29, 1.82) is 0 Å². The van der Waals surface area contributed by atoms with Crippen molar-refractivity contribution >= 4 is 5.97 Å². The summed E-state index contributed by atoms with van der Waals surface area (Å²) in [6, 6.07) is 9.26. The van der Waals surface area contributed by atoms with E-state index in [0.717, 1.165) is 5.56 Å². The lowest BCUT2D eigenvalue weighted by atomic mass is 10.1. The van der Waals surface area contributed by atoms with E-state index in [1.807, 2.05) is 30.3 Å². The molecule has 0 aliphatic heterocycles. The Labute approximate surface area is 103 Å². The fraction of sp³-hybridized carbons (Fsp3) is 0.250. The third-order valence-corrected chi connectivity index (χ3v) is 2.46. The monoisotopic (exact) mass is 248 g/mol. The number of aliphatic hydroxyl groups excluding tert-OH is 1. The summed E-state index contributed by atoms with van der Waals surface area (Å²) >= 11 is 0. The summed E-state index contributed by atoms with van der Waals surface area (Å²) in [7, 11) is 1.21. The minimum atomic E-state index is -1.27. The van der Waals surface area contributed by atoms with Gasteiger partial charge in [0.25, 0.3) is 0 Å². The van der Waals surface area contributed by atoms with Gasteiger partial charge in [0, 0.05) is 12.0 Å². The Bertz CT molecular complexity index is 524. The smallest absolute Gasteiger partial charge is 0.335 e. The first kappa shape index (κ1) is 12.3. The summed E-state index contributed by atoms with van der Waals surface area (Å²) in [5, 5.41) is 17.0. The van der Waals surface area contributed by atoms with Gasteiger partial charge >= 0.3 is 5.97 Å². The van der Waals surface area contributed by atoms with E-state index in [0.29, 0.717) is 11.4 Å². The number of carbonyl (C=O) groups is 1. The molecule has 6 heteroatoms. The van der Waals surface area contributed by atoms with Crippen LogP contribution in [-0.2, 0) is 16.0 Å². The molecule has 94 valence electrons. The number of nitrogens with zero attached hydrogens (tertiary/aromatic N) is 2. The summed E-state index contributed by atoms with van der Waals surface area (Å²) in [6.45, 7) is 0. The van der Waals surface area contributed by atoms with Crippen LogP contribution < -0.4 is 0 Å². The molecular formula is C12H12N2O4. The zero-order valence-electron chi connectivity index (χ0n) is 9.74. The van der Waals surface area contributed by atoms with Gasteiger partial charge < -0.3 is 9.84 Å². The number of rotatable bonds is 4. The summed E-state index contributed by atoms with van der Waals surface area (Å²) < 4.78 is 9.09. The maximum atomic E-state index is 11.1. The number of esters is 1. The van der Waals surface area contributed by atoms with E-state index in [4.69, 9.17) is 0 Å². The number of carbonyl (C=O) groups excluding carboxylic acids is 1. The highest BCUT2D eigenvalue weighted by Gasteiger charge is 2.21. The Morgan fingerprint density at radius 3 is 2.78 bits per heavy atom. The van der Waals surface area contributed by atoms with E-state index in [9.17, 15) is 9.90 Å². The number of hydrogen-bond acceptors (Lipinski definition) is 6. The SMILES string of the molecule is COC(=O)C(O)Cc1nonc1-c1ccccc1. The number of ether oxygens (including phenoxy) is 1. The van der Waals surface area contributed by atoms with Crippen LogP contribution in [0.3, 0.4) is 0 Å². The molecule has 1 atom stereocenters. The number of aromatic nitrogens is 2. The van der Waals surface area contributed by atoms with Gasteiger partial charge in [0.15, 0.2) is 6.10 Å². The van der Waals surface area contributed by atoms with Crippen LogP contribution in [0, 0.1) is 0 Å². The van der Waals surface area contributed by atoms with Gasteiger partial charge in [0.2, 0.25) is 0 Å². The molecule has 0 spiro atoms. The Balaban J connectivity index is 2.21. The largest absolute Gasteiger partial charge is 0.467 e. The van der Waals surface area contributed by atoms with Crippen molar-refractivity contribution in [3.63, 3.8) is 0 Å². The van der Waals surface area contributed by atoms with Crippen LogP contribution >= 0.6 is 0 Å². The van der Waals surface area contributed by atoms with Crippen LogP contribution in [0.5, 0.6) is 0 Å². The normalized spacial score (nSPS) is 12.1. The van der Waals surface area contributed by atoms with Crippen molar-refractivity contribution in [3.05, 3.63) is 36.0 Å². The van der Waals surface area contributed by atoms with Crippen LogP contribution in [0.15, 0.2) is 35.0 Å². The fourth-order valence-electron chi connectivity index (χ4n) is 1.56. The first-order chi connectivity index (χ1) is 8.72. The number of aliphatic hydroxyl groups is 1. The van der Waals surface area contributed by atoms with Crippen molar-refractivity contribution in [2.45, 2.75) is 12.5 Å². The molecule has 2 aromatic rings. The van der Waals surface area contributed by atoms with E-state index >= 15 is 0 Å². The maximum Gasteiger partial charge on any atom is 0.335 e. The number of methoxy groups -OCH3 is 1. The van der Waals surface area contributed by atoms with Crippen molar-refractivity contribution in [1.82, 2.24) is 10.3 Å². The first-order valence-corrected chi connectivity index (χ1v) is 5.35. The van der Waals surface area contributed by atoms with Gasteiger partial charge in [-0.25, -0.2) is 9.42 Å². The number of hydrogen-bond donors (Lipinski definition) is 1. The van der Waals surface area contributed by atoms with Crippen molar-refractivity contribution in [3.8, 4) is 11.3 Å². The molecule has 0 saturated heterocycles. The molecule has 0 aliphatic rings. The highest BCUT2D eigenvalue weighted by atomic mass is 16.6. The molecule has 2 rings (SSSR count).